The Morgan fingerprint density at radius 1 is 0.573 bits per heavy atom. The molecule has 15 atom stereocenters. The number of aliphatic hydroxyl groups excluding tert-OH is 1. The van der Waals surface area contributed by atoms with Crippen molar-refractivity contribution < 1.29 is 112 Å². The molecule has 0 aliphatic carbocycles. The van der Waals surface area contributed by atoms with E-state index in [2.05, 4.69) is 99.4 Å². The molecular formula is C62H100N16O23S2. The van der Waals surface area contributed by atoms with E-state index < -0.39 is 229 Å². The highest BCUT2D eigenvalue weighted by Crippen LogP contribution is 2.22. The number of primary amides is 1. The van der Waals surface area contributed by atoms with E-state index in [0.717, 1.165) is 13.8 Å². The molecule has 2 fully saturated rings. The van der Waals surface area contributed by atoms with Crippen molar-refractivity contribution in [3.05, 3.63) is 0 Å². The molecular weight excluding hydrogens is 1400 g/mol. The van der Waals surface area contributed by atoms with Crippen LogP contribution in [0.25, 0.3) is 0 Å². The molecule has 0 aromatic carbocycles. The molecule has 0 saturated carbocycles. The molecule has 39 nitrogen and oxygen atoms in total. The van der Waals surface area contributed by atoms with Gasteiger partial charge in [-0.15, -0.1) is 0 Å². The Labute approximate surface area is 604 Å². The van der Waals surface area contributed by atoms with Gasteiger partial charge in [-0.25, -0.2) is 4.79 Å². The predicted octanol–water partition coefficient (Wildman–Crippen LogP) is -6.43. The first kappa shape index (κ1) is 89.8. The van der Waals surface area contributed by atoms with Crippen molar-refractivity contribution in [2.24, 2.45) is 22.6 Å². The Bertz CT molecular complexity index is 3060. The van der Waals surface area contributed by atoms with Gasteiger partial charge in [-0.2, -0.15) is 25.3 Å². The summed E-state index contributed by atoms with van der Waals surface area (Å²) in [6.45, 7) is 9.87. The fourth-order valence-corrected chi connectivity index (χ4v) is 11.1. The quantitative estimate of drug-likeness (QED) is 0.0199. The molecule has 3 aliphatic rings. The molecule has 0 unspecified atom stereocenters. The van der Waals surface area contributed by atoms with Crippen LogP contribution in [0.1, 0.15) is 138 Å². The third-order valence-corrected chi connectivity index (χ3v) is 16.9. The molecule has 3 aliphatic heterocycles. The van der Waals surface area contributed by atoms with Crippen molar-refractivity contribution in [1.82, 2.24) is 74.0 Å². The van der Waals surface area contributed by atoms with Crippen LogP contribution in [0.2, 0.25) is 0 Å². The van der Waals surface area contributed by atoms with E-state index in [1.807, 2.05) is 6.92 Å². The zero-order chi connectivity index (χ0) is 78.0. The Balaban J connectivity index is 0.00000876. The zero-order valence-corrected chi connectivity index (χ0v) is 60.2. The number of carboxylic acids is 4. The number of nitrogens with one attached hydrogen (secondary N) is 13. The molecule has 20 N–H and O–H groups in total. The third kappa shape index (κ3) is 32.7. The van der Waals surface area contributed by atoms with Crippen molar-refractivity contribution >= 4 is 138 Å². The number of aliphatic carboxylic acids is 4. The maximum atomic E-state index is 14.7. The van der Waals surface area contributed by atoms with Crippen molar-refractivity contribution in [2.45, 2.75) is 223 Å². The number of unbranched alkanes of at least 4 members (excludes halogenated alkanes) is 1. The first-order valence-corrected chi connectivity index (χ1v) is 34.8. The second-order valence-corrected chi connectivity index (χ2v) is 26.1. The van der Waals surface area contributed by atoms with Gasteiger partial charge in [-0.1, -0.05) is 20.8 Å². The average Bonchev–Trinajstić information content (AvgIpc) is 1.80. The number of nitrogens with two attached hydrogens (primary N) is 1. The molecule has 578 valence electrons. The molecule has 2 saturated heterocycles. The largest absolute Gasteiger partial charge is 0.481 e. The lowest BCUT2D eigenvalue weighted by molar-refractivity contribution is -0.144. The van der Waals surface area contributed by atoms with Gasteiger partial charge in [0.05, 0.1) is 25.1 Å². The lowest BCUT2D eigenvalue weighted by Crippen LogP contribution is -2.61. The number of rotatable bonds is 43. The number of carbonyl (C=O) groups excluding carboxylic acids is 14. The summed E-state index contributed by atoms with van der Waals surface area (Å²) in [5.74, 6) is -18.8. The number of hydrogen-bond acceptors (Lipinski definition) is 23. The van der Waals surface area contributed by atoms with E-state index in [1.165, 1.54) is 18.7 Å². The van der Waals surface area contributed by atoms with E-state index in [9.17, 15) is 102 Å². The summed E-state index contributed by atoms with van der Waals surface area (Å²) in [5.41, 5.74) is 5.12. The molecule has 0 radical (unpaired) electrons. The molecule has 41 heteroatoms. The normalized spacial score (nSPS) is 19.1. The second kappa shape index (κ2) is 45.7. The van der Waals surface area contributed by atoms with Crippen LogP contribution in [0.15, 0.2) is 4.99 Å². The Morgan fingerprint density at radius 2 is 1.09 bits per heavy atom. The van der Waals surface area contributed by atoms with Crippen LogP contribution in [-0.2, 0) is 86.3 Å². The first-order chi connectivity index (χ1) is 48.3. The molecule has 0 bridgehead atoms. The van der Waals surface area contributed by atoms with Gasteiger partial charge < -0.3 is 105 Å². The fourth-order valence-electron chi connectivity index (χ4n) is 10.6. The van der Waals surface area contributed by atoms with Gasteiger partial charge in [0, 0.05) is 50.6 Å². The number of thiol groups is 2. The monoisotopic (exact) mass is 1500 g/mol. The number of amides is 14. The Hall–Kier alpha value is -9.25. The van der Waals surface area contributed by atoms with Crippen LogP contribution in [-0.4, -0.2) is 266 Å². The smallest absolute Gasteiger partial charge is 0.326 e. The summed E-state index contributed by atoms with van der Waals surface area (Å²) < 4.78 is 0. The van der Waals surface area contributed by atoms with Gasteiger partial charge in [0.15, 0.2) is 0 Å². The van der Waals surface area contributed by atoms with Crippen LogP contribution in [0.3, 0.4) is 0 Å². The number of hydrogen-bond donors (Lipinski definition) is 21. The summed E-state index contributed by atoms with van der Waals surface area (Å²) >= 11 is 8.35. The van der Waals surface area contributed by atoms with E-state index >= 15 is 0 Å². The third-order valence-electron chi connectivity index (χ3n) is 16.2. The van der Waals surface area contributed by atoms with Crippen molar-refractivity contribution in [1.29, 1.82) is 0 Å². The number of likely N-dealkylation sites (tertiary alicyclic amines) is 1. The molecule has 103 heavy (non-hydrogen) atoms. The Kier molecular flexibility index (Phi) is 39.8. The minimum atomic E-state index is -1.91. The molecule has 0 aromatic heterocycles. The van der Waals surface area contributed by atoms with E-state index in [-0.39, 0.29) is 62.9 Å². The number of carbonyl (C=O) groups is 18. The molecule has 3 heterocycles. The van der Waals surface area contributed by atoms with Crippen LogP contribution in [0, 0.1) is 11.8 Å². The minimum Gasteiger partial charge on any atom is -0.481 e. The minimum absolute atomic E-state index is 0.00854. The van der Waals surface area contributed by atoms with Gasteiger partial charge in [0.2, 0.25) is 82.7 Å². The van der Waals surface area contributed by atoms with Crippen LogP contribution in [0.4, 0.5) is 0 Å². The average molecular weight is 1500 g/mol. The van der Waals surface area contributed by atoms with Gasteiger partial charge in [-0.3, -0.25) is 86.5 Å². The highest BCUT2D eigenvalue weighted by molar-refractivity contribution is 7.80. The van der Waals surface area contributed by atoms with Gasteiger partial charge in [0.1, 0.15) is 72.5 Å². The maximum Gasteiger partial charge on any atom is 0.326 e. The summed E-state index contributed by atoms with van der Waals surface area (Å²) in [5, 5.41) is 78.2. The van der Waals surface area contributed by atoms with Crippen LogP contribution >= 0.6 is 25.3 Å². The van der Waals surface area contributed by atoms with Gasteiger partial charge in [0.25, 0.3) is 5.97 Å². The topological polar surface area (TPSA) is 606 Å². The van der Waals surface area contributed by atoms with Crippen molar-refractivity contribution in [3.63, 3.8) is 0 Å². The zero-order valence-electron chi connectivity index (χ0n) is 58.4. The summed E-state index contributed by atoms with van der Waals surface area (Å²) in [6, 6.07) is -17.8. The highest BCUT2D eigenvalue weighted by Gasteiger charge is 2.41. The fraction of sp³-hybridized carbons (Fsp3) is 0.694. The molecule has 14 amide bonds. The van der Waals surface area contributed by atoms with Crippen LogP contribution in [0.5, 0.6) is 0 Å². The predicted molar refractivity (Wildman–Crippen MR) is 370 cm³/mol. The molecule has 0 aromatic rings. The number of aliphatic hydroxyl groups is 1. The van der Waals surface area contributed by atoms with Gasteiger partial charge in [-0.05, 0) is 110 Å². The van der Waals surface area contributed by atoms with E-state index in [0.29, 0.717) is 38.6 Å². The Morgan fingerprint density at radius 3 is 1.59 bits per heavy atom. The second-order valence-electron chi connectivity index (χ2n) is 25.4. The lowest BCUT2D eigenvalue weighted by Gasteiger charge is -2.31. The number of aliphatic imine (C=N–C) groups is 1. The highest BCUT2D eigenvalue weighted by atomic mass is 32.1. The lowest BCUT2D eigenvalue weighted by atomic mass is 10.0. The van der Waals surface area contributed by atoms with Gasteiger partial charge >= 0.3 is 17.9 Å². The number of nitrogens with zero attached hydrogens (tertiary/aromatic N) is 2. The summed E-state index contributed by atoms with van der Waals surface area (Å²) in [6.07, 6.45) is -0.345. The summed E-state index contributed by atoms with van der Waals surface area (Å²) in [7, 11) is 0. The van der Waals surface area contributed by atoms with E-state index in [4.69, 9.17) is 15.6 Å². The number of carboxylic acid groups (broad SMARTS) is 4. The summed E-state index contributed by atoms with van der Waals surface area (Å²) in [4.78, 5) is 237. The van der Waals surface area contributed by atoms with E-state index in [1.54, 1.807) is 20.1 Å². The SMILES string of the molecule is CC(=O)O.CC(C)C[C@H](NC(=O)[C@@H]1CCCN1C(=O)[C@H](CCCCNC(=O)[C@@H]1N=CC[C@H]1C)NC(=O)[C@H](CS)NC(=O)[C@H](C)NC(=O)[C@@H](NC(=O)[C@H](CCC(=O)O)NC(=O)[C@H](CS)NC(=O)CNC(=O)[C@H](CCC(=O)O)NC(=O)[C@@H]1CCCN1)[C@@H](C)O)C(=O)N[C@@H](C)C(=O)N[C@@H](CC(N)=O)C(=O)O. The standard InChI is InChI=1S/C60H96N16O21S2.C2H4O2/c1-28(2)23-37(53(89)66-30(4)48(84)73-38(60(96)97)24-42(61)78)72-56(92)41-13-10-22-76(41)59(95)36(11-7-8-19-64-57(93)46-29(3)18-21-63-46)71-55(91)40(27-99)74-49(85)31(5)67-58(94)47(32(6)77)75-52(88)35(15-17-45(82)83)70-54(90)39(26-98)68-43(79)25-65-50(86)34(14-16-44(80)81)69-51(87)33-12-9-20-62-33;1-2(3)4/h21,28-41,46-47,62,77,98-99H,7-20,22-27H2,1-6H3,(H2,61,78)(H,64,93)(H,65,86)(H,66,89)(H,67,94)(H,68,79)(H,69,87)(H,70,90)(H,71,91)(H,72,92)(H,73,84)(H,74,85)(H,75,88)(H,80,81)(H,82,83)(H,96,97);1H3,(H,3,4)/t29-,30+,31+,32-,33+,34+,35+,36+,37+,38+,39+,40+,41+,46-,47+;/m1./s1. The van der Waals surface area contributed by atoms with Crippen LogP contribution < -0.4 is 74.9 Å². The van der Waals surface area contributed by atoms with Crippen molar-refractivity contribution in [2.75, 3.05) is 37.7 Å². The first-order valence-electron chi connectivity index (χ1n) is 33.5. The molecule has 0 spiro atoms. The van der Waals surface area contributed by atoms with Crippen molar-refractivity contribution in [3.8, 4) is 0 Å². The maximum absolute atomic E-state index is 14.7. The molecule has 3 rings (SSSR count).